The molecule has 1 fully saturated rings. The fourth-order valence-corrected chi connectivity index (χ4v) is 4.83. The summed E-state index contributed by atoms with van der Waals surface area (Å²) >= 11 is 0. The number of aromatic hydroxyl groups is 1. The molecular weight excluding hydrogens is 507 g/mol. The van der Waals surface area contributed by atoms with Crippen molar-refractivity contribution in [1.29, 1.82) is 0 Å². The van der Waals surface area contributed by atoms with Gasteiger partial charge in [0.15, 0.2) is 0 Å². The highest BCUT2D eigenvalue weighted by molar-refractivity contribution is 6.03. The second kappa shape index (κ2) is 15.3. The number of phenolic OH excluding ortho intramolecular Hbond substituents is 1. The van der Waals surface area contributed by atoms with Gasteiger partial charge in [-0.25, -0.2) is 14.4 Å². The third kappa shape index (κ3) is 8.99. The number of likely N-dealkylation sites (N-methyl/N-ethyl adjacent to an activating group) is 2. The lowest BCUT2D eigenvalue weighted by Gasteiger charge is -2.33. The Morgan fingerprint density at radius 3 is 2.77 bits per heavy atom. The van der Waals surface area contributed by atoms with E-state index in [4.69, 9.17) is 0 Å². The zero-order valence-corrected chi connectivity index (χ0v) is 24.4. The molecule has 1 unspecified atom stereocenters. The van der Waals surface area contributed by atoms with Crippen molar-refractivity contribution in [2.75, 3.05) is 44.4 Å². The second-order valence-electron chi connectivity index (χ2n) is 10.4. The second-order valence-corrected chi connectivity index (χ2v) is 10.4. The van der Waals surface area contributed by atoms with Crippen LogP contribution in [0.25, 0.3) is 10.9 Å². The van der Waals surface area contributed by atoms with Crippen LogP contribution in [0.5, 0.6) is 5.75 Å². The van der Waals surface area contributed by atoms with Gasteiger partial charge in [0.1, 0.15) is 23.7 Å². The van der Waals surface area contributed by atoms with Crippen LogP contribution < -0.4 is 10.6 Å². The van der Waals surface area contributed by atoms with E-state index in [9.17, 15) is 14.3 Å². The SMILES string of the molecule is C\C=C(CC)/C(F)=C\C=C(/C)Nc1ncnc2cc(O)c(NC(=O)/C=C/CN(C)C3CCCCCN(C)C3)cc12. The number of nitrogens with zero attached hydrogens (tertiary/aromatic N) is 4. The third-order valence-corrected chi connectivity index (χ3v) is 7.23. The number of anilines is 2. The van der Waals surface area contributed by atoms with Gasteiger partial charge in [0, 0.05) is 42.4 Å². The minimum atomic E-state index is -0.336. The van der Waals surface area contributed by atoms with Gasteiger partial charge in [-0.15, -0.1) is 0 Å². The first kappa shape index (κ1) is 31.0. The minimum Gasteiger partial charge on any atom is -0.506 e. The Labute approximate surface area is 237 Å². The molecule has 0 saturated carbocycles. The van der Waals surface area contributed by atoms with Crippen molar-refractivity contribution in [2.45, 2.75) is 58.9 Å². The van der Waals surface area contributed by atoms with Gasteiger partial charge in [0.25, 0.3) is 0 Å². The van der Waals surface area contributed by atoms with E-state index in [0.717, 1.165) is 19.5 Å². The molecule has 0 radical (unpaired) electrons. The van der Waals surface area contributed by atoms with E-state index < -0.39 is 0 Å². The van der Waals surface area contributed by atoms with Crippen LogP contribution in [-0.4, -0.2) is 70.6 Å². The van der Waals surface area contributed by atoms with Gasteiger partial charge >= 0.3 is 0 Å². The van der Waals surface area contributed by atoms with Crippen LogP contribution in [0.4, 0.5) is 15.9 Å². The number of amides is 1. The van der Waals surface area contributed by atoms with Crippen molar-refractivity contribution in [3.63, 3.8) is 0 Å². The first-order chi connectivity index (χ1) is 19.2. The Balaban J connectivity index is 1.69. The number of likely N-dealkylation sites (tertiary alicyclic amines) is 1. The number of halogens is 1. The summed E-state index contributed by atoms with van der Waals surface area (Å²) in [5, 5.41) is 17.1. The summed E-state index contributed by atoms with van der Waals surface area (Å²) in [5.41, 5.74) is 2.07. The largest absolute Gasteiger partial charge is 0.506 e. The number of aromatic nitrogens is 2. The van der Waals surface area contributed by atoms with Crippen molar-refractivity contribution in [3.8, 4) is 5.75 Å². The number of allylic oxidation sites excluding steroid dienone is 6. The highest BCUT2D eigenvalue weighted by atomic mass is 19.1. The number of benzene rings is 1. The van der Waals surface area contributed by atoms with Gasteiger partial charge in [-0.05, 0) is 77.5 Å². The predicted molar refractivity (Wildman–Crippen MR) is 162 cm³/mol. The molecule has 216 valence electrons. The highest BCUT2D eigenvalue weighted by Crippen LogP contribution is 2.31. The molecule has 40 heavy (non-hydrogen) atoms. The van der Waals surface area contributed by atoms with Gasteiger partial charge < -0.3 is 20.6 Å². The first-order valence-corrected chi connectivity index (χ1v) is 14.0. The van der Waals surface area contributed by atoms with E-state index in [1.165, 1.54) is 43.8 Å². The fraction of sp³-hybridized carbons (Fsp3) is 0.452. The van der Waals surface area contributed by atoms with Crippen LogP contribution in [0.2, 0.25) is 0 Å². The number of rotatable bonds is 10. The van der Waals surface area contributed by atoms with Crippen molar-refractivity contribution < 1.29 is 14.3 Å². The normalized spacial score (nSPS) is 18.3. The van der Waals surface area contributed by atoms with E-state index >= 15 is 0 Å². The van der Waals surface area contributed by atoms with Gasteiger partial charge in [-0.2, -0.15) is 0 Å². The Bertz CT molecular complexity index is 1290. The molecule has 8 nitrogen and oxygen atoms in total. The topological polar surface area (TPSA) is 93.6 Å². The molecule has 1 aliphatic rings. The van der Waals surface area contributed by atoms with Gasteiger partial charge in [-0.1, -0.05) is 31.9 Å². The number of fused-ring (bicyclic) bond motifs is 1. The van der Waals surface area contributed by atoms with Crippen LogP contribution in [0, 0.1) is 0 Å². The van der Waals surface area contributed by atoms with E-state index in [1.54, 1.807) is 25.1 Å². The quantitative estimate of drug-likeness (QED) is 0.185. The number of phenols is 1. The molecule has 2 heterocycles. The molecule has 0 aliphatic carbocycles. The Morgan fingerprint density at radius 2 is 2.02 bits per heavy atom. The van der Waals surface area contributed by atoms with Gasteiger partial charge in [0.05, 0.1) is 11.2 Å². The van der Waals surface area contributed by atoms with Crippen LogP contribution >= 0.6 is 0 Å². The van der Waals surface area contributed by atoms with E-state index in [0.29, 0.717) is 47.0 Å². The number of hydrogen-bond acceptors (Lipinski definition) is 7. The van der Waals surface area contributed by atoms with Gasteiger partial charge in [-0.3, -0.25) is 9.69 Å². The molecule has 1 amide bonds. The maximum Gasteiger partial charge on any atom is 0.248 e. The molecule has 2 aromatic rings. The Kier molecular flexibility index (Phi) is 11.8. The Hall–Kier alpha value is -3.56. The zero-order chi connectivity index (χ0) is 29.1. The Morgan fingerprint density at radius 1 is 1.23 bits per heavy atom. The number of hydrogen-bond donors (Lipinski definition) is 3. The summed E-state index contributed by atoms with van der Waals surface area (Å²) in [4.78, 5) is 25.9. The van der Waals surface area contributed by atoms with Crippen LogP contribution in [0.15, 0.2) is 65.9 Å². The first-order valence-electron chi connectivity index (χ1n) is 14.0. The molecule has 0 spiro atoms. The molecule has 1 saturated heterocycles. The summed E-state index contributed by atoms with van der Waals surface area (Å²) in [6.45, 7) is 8.33. The van der Waals surface area contributed by atoms with Crippen molar-refractivity contribution >= 4 is 28.3 Å². The molecule has 1 aliphatic heterocycles. The molecule has 1 aromatic carbocycles. The summed E-state index contributed by atoms with van der Waals surface area (Å²) < 4.78 is 14.3. The maximum absolute atomic E-state index is 14.3. The molecule has 1 aromatic heterocycles. The lowest BCUT2D eigenvalue weighted by molar-refractivity contribution is -0.111. The number of carbonyl (C=O) groups excluding carboxylic acids is 1. The molecule has 3 N–H and O–H groups in total. The molecule has 9 heteroatoms. The number of nitrogens with one attached hydrogen (secondary N) is 2. The van der Waals surface area contributed by atoms with Crippen LogP contribution in [-0.2, 0) is 4.79 Å². The lowest BCUT2D eigenvalue weighted by Crippen LogP contribution is -2.42. The standard InChI is InChI=1S/C31H43FN6O2/c1-6-23(7-2)26(32)15-14-22(3)35-31-25-18-28(29(39)19-27(25)33-21-34-31)36-30(40)13-11-17-38(5)24-12-9-8-10-16-37(4)20-24/h6,11,13-15,18-19,21,24,39H,7-10,12,16-17,20H2,1-5H3,(H,36,40)(H,33,34,35)/b13-11+,22-14+,23-6-,26-15+. The van der Waals surface area contributed by atoms with E-state index in [2.05, 4.69) is 44.5 Å². The monoisotopic (exact) mass is 550 g/mol. The van der Waals surface area contributed by atoms with Crippen molar-refractivity contribution in [1.82, 2.24) is 19.8 Å². The van der Waals surface area contributed by atoms with Crippen molar-refractivity contribution in [3.05, 3.63) is 65.9 Å². The maximum atomic E-state index is 14.3. The number of carbonyl (C=O) groups is 1. The van der Waals surface area contributed by atoms with Gasteiger partial charge in [0.2, 0.25) is 5.91 Å². The summed E-state index contributed by atoms with van der Waals surface area (Å²) in [5.74, 6) is -0.239. The average molecular weight is 551 g/mol. The van der Waals surface area contributed by atoms with E-state index in [1.807, 2.05) is 19.9 Å². The minimum absolute atomic E-state index is 0.0932. The van der Waals surface area contributed by atoms with Crippen LogP contribution in [0.1, 0.15) is 52.9 Å². The summed E-state index contributed by atoms with van der Waals surface area (Å²) in [7, 11) is 4.26. The highest BCUT2D eigenvalue weighted by Gasteiger charge is 2.18. The zero-order valence-electron chi connectivity index (χ0n) is 24.4. The van der Waals surface area contributed by atoms with E-state index in [-0.39, 0.29) is 23.2 Å². The summed E-state index contributed by atoms with van der Waals surface area (Å²) in [6, 6.07) is 3.57. The molecule has 1 atom stereocenters. The molecular formula is C31H43FN6O2. The lowest BCUT2D eigenvalue weighted by atomic mass is 10.0. The third-order valence-electron chi connectivity index (χ3n) is 7.23. The molecule has 0 bridgehead atoms. The smallest absolute Gasteiger partial charge is 0.248 e. The fourth-order valence-electron chi connectivity index (χ4n) is 4.83. The summed E-state index contributed by atoms with van der Waals surface area (Å²) in [6.07, 6.45) is 15.0. The average Bonchev–Trinajstić information content (AvgIpc) is 2.91. The predicted octanol–water partition coefficient (Wildman–Crippen LogP) is 6.16. The molecule has 3 rings (SSSR count). The van der Waals surface area contributed by atoms with Crippen LogP contribution in [0.3, 0.4) is 0 Å². The van der Waals surface area contributed by atoms with Crippen molar-refractivity contribution in [2.24, 2.45) is 0 Å².